The van der Waals surface area contributed by atoms with Crippen LogP contribution in [-0.2, 0) is 0 Å². The number of hydrogen-bond donors (Lipinski definition) is 3. The highest BCUT2D eigenvalue weighted by atomic mass is 16.3. The van der Waals surface area contributed by atoms with Crippen molar-refractivity contribution in [2.24, 2.45) is 0 Å². The second-order valence-electron chi connectivity index (χ2n) is 4.76. The molecule has 2 aromatic rings. The average molecular weight is 246 g/mol. The highest BCUT2D eigenvalue weighted by Gasteiger charge is 2.21. The van der Waals surface area contributed by atoms with Crippen LogP contribution in [0.15, 0.2) is 30.5 Å². The van der Waals surface area contributed by atoms with E-state index in [9.17, 15) is 10.2 Å². The molecule has 2 rings (SSSR count). The van der Waals surface area contributed by atoms with E-state index in [-0.39, 0.29) is 12.4 Å². The van der Waals surface area contributed by atoms with E-state index in [1.165, 1.54) is 0 Å². The van der Waals surface area contributed by atoms with Crippen LogP contribution >= 0.6 is 0 Å². The molecule has 0 amide bonds. The molecule has 0 radical (unpaired) electrons. The molecule has 0 saturated heterocycles. The molecule has 1 unspecified atom stereocenters. The minimum Gasteiger partial charge on any atom is -0.508 e. The molecule has 18 heavy (non-hydrogen) atoms. The summed E-state index contributed by atoms with van der Waals surface area (Å²) in [6.07, 6.45) is 2.50. The summed E-state index contributed by atoms with van der Waals surface area (Å²) < 4.78 is 0. The highest BCUT2D eigenvalue weighted by Crippen LogP contribution is 2.27. The minimum atomic E-state index is -0.410. The zero-order valence-electron chi connectivity index (χ0n) is 10.6. The van der Waals surface area contributed by atoms with Crippen LogP contribution in [0, 0.1) is 0 Å². The molecule has 0 fully saturated rings. The predicted molar refractivity (Wildman–Crippen MR) is 72.8 cm³/mol. The van der Waals surface area contributed by atoms with Gasteiger partial charge in [0.25, 0.3) is 0 Å². The molecule has 1 aromatic carbocycles. The quantitative estimate of drug-likeness (QED) is 0.775. The van der Waals surface area contributed by atoms with Gasteiger partial charge in [0.15, 0.2) is 0 Å². The molecule has 1 aromatic heterocycles. The number of nitrogens with one attached hydrogen (secondary N) is 1. The van der Waals surface area contributed by atoms with Gasteiger partial charge in [0.1, 0.15) is 11.6 Å². The Bertz CT molecular complexity index is 550. The third-order valence-corrected chi connectivity index (χ3v) is 3.30. The van der Waals surface area contributed by atoms with Crippen molar-refractivity contribution in [3.63, 3.8) is 0 Å². The number of aromatic hydroxyl groups is 1. The van der Waals surface area contributed by atoms with E-state index in [1.54, 1.807) is 18.3 Å². The largest absolute Gasteiger partial charge is 0.508 e. The van der Waals surface area contributed by atoms with E-state index in [0.717, 1.165) is 17.2 Å². The van der Waals surface area contributed by atoms with E-state index in [4.69, 9.17) is 0 Å². The topological polar surface area (TPSA) is 65.4 Å². The summed E-state index contributed by atoms with van der Waals surface area (Å²) in [4.78, 5) is 4.30. The lowest BCUT2D eigenvalue weighted by molar-refractivity contribution is 0.218. The number of fused-ring (bicyclic) bond motifs is 1. The van der Waals surface area contributed by atoms with Gasteiger partial charge in [0.05, 0.1) is 12.1 Å². The van der Waals surface area contributed by atoms with Gasteiger partial charge >= 0.3 is 0 Å². The number of rotatable bonds is 4. The molecule has 3 N–H and O–H groups in total. The molecule has 0 aliphatic rings. The maximum atomic E-state index is 9.56. The zero-order chi connectivity index (χ0) is 13.2. The molecule has 4 nitrogen and oxygen atoms in total. The van der Waals surface area contributed by atoms with Gasteiger partial charge in [0, 0.05) is 11.6 Å². The number of aliphatic hydroxyl groups excluding tert-OH is 1. The van der Waals surface area contributed by atoms with E-state index < -0.39 is 5.54 Å². The Kier molecular flexibility index (Phi) is 3.39. The highest BCUT2D eigenvalue weighted by molar-refractivity contribution is 5.92. The summed E-state index contributed by atoms with van der Waals surface area (Å²) in [6, 6.07) is 7.07. The third-order valence-electron chi connectivity index (χ3n) is 3.30. The van der Waals surface area contributed by atoms with E-state index in [1.807, 2.05) is 26.0 Å². The second-order valence-corrected chi connectivity index (χ2v) is 4.76. The fraction of sp³-hybridized carbons (Fsp3) is 0.357. The molecule has 0 aliphatic heterocycles. The van der Waals surface area contributed by atoms with Gasteiger partial charge in [0.2, 0.25) is 0 Å². The number of phenolic OH excluding ortho intramolecular Hbond substituents is 1. The molecule has 4 heteroatoms. The first-order chi connectivity index (χ1) is 8.58. The maximum Gasteiger partial charge on any atom is 0.134 e. The van der Waals surface area contributed by atoms with Gasteiger partial charge in [-0.3, -0.25) is 0 Å². The zero-order valence-corrected chi connectivity index (χ0v) is 10.6. The Morgan fingerprint density at radius 3 is 2.78 bits per heavy atom. The second kappa shape index (κ2) is 4.82. The number of phenols is 1. The van der Waals surface area contributed by atoms with Crippen molar-refractivity contribution in [2.75, 3.05) is 11.9 Å². The Morgan fingerprint density at radius 1 is 1.33 bits per heavy atom. The van der Waals surface area contributed by atoms with Crippen LogP contribution in [-0.4, -0.2) is 27.3 Å². The molecular formula is C14H18N2O2. The van der Waals surface area contributed by atoms with Crippen LogP contribution < -0.4 is 5.32 Å². The van der Waals surface area contributed by atoms with Crippen LogP contribution in [0.4, 0.5) is 5.82 Å². The number of anilines is 1. The first kappa shape index (κ1) is 12.6. The van der Waals surface area contributed by atoms with Crippen LogP contribution in [0.5, 0.6) is 5.75 Å². The van der Waals surface area contributed by atoms with Crippen LogP contribution in [0.2, 0.25) is 0 Å². The lowest BCUT2D eigenvalue weighted by atomic mass is 10.00. The number of pyridine rings is 1. The van der Waals surface area contributed by atoms with Crippen molar-refractivity contribution in [1.82, 2.24) is 4.98 Å². The van der Waals surface area contributed by atoms with Crippen LogP contribution in [0.1, 0.15) is 20.3 Å². The molecule has 1 atom stereocenters. The van der Waals surface area contributed by atoms with Crippen molar-refractivity contribution < 1.29 is 10.2 Å². The van der Waals surface area contributed by atoms with Crippen molar-refractivity contribution in [2.45, 2.75) is 25.8 Å². The predicted octanol–water partition coefficient (Wildman–Crippen LogP) is 2.51. The number of benzene rings is 1. The number of aliphatic hydroxyl groups is 1. The van der Waals surface area contributed by atoms with E-state index >= 15 is 0 Å². The molecule has 1 heterocycles. The summed E-state index contributed by atoms with van der Waals surface area (Å²) >= 11 is 0. The van der Waals surface area contributed by atoms with Gasteiger partial charge in [-0.25, -0.2) is 4.98 Å². The molecule has 0 spiro atoms. The van der Waals surface area contributed by atoms with Gasteiger partial charge in [-0.1, -0.05) is 13.0 Å². The SMILES string of the molecule is CCC(C)(CO)Nc1nccc2ccc(O)cc12. The number of hydrogen-bond acceptors (Lipinski definition) is 4. The van der Waals surface area contributed by atoms with Gasteiger partial charge in [-0.05, 0) is 36.9 Å². The Hall–Kier alpha value is -1.81. The minimum absolute atomic E-state index is 0.0282. The lowest BCUT2D eigenvalue weighted by Crippen LogP contribution is -2.38. The van der Waals surface area contributed by atoms with Crippen molar-refractivity contribution in [3.05, 3.63) is 30.5 Å². The monoisotopic (exact) mass is 246 g/mol. The van der Waals surface area contributed by atoms with Crippen LogP contribution in [0.25, 0.3) is 10.8 Å². The average Bonchev–Trinajstić information content (AvgIpc) is 2.39. The Morgan fingerprint density at radius 2 is 2.11 bits per heavy atom. The van der Waals surface area contributed by atoms with Crippen molar-refractivity contribution in [3.8, 4) is 5.75 Å². The van der Waals surface area contributed by atoms with E-state index in [2.05, 4.69) is 10.3 Å². The number of nitrogens with zero attached hydrogens (tertiary/aromatic N) is 1. The Labute approximate surface area is 106 Å². The molecule has 0 bridgehead atoms. The number of aromatic nitrogens is 1. The summed E-state index contributed by atoms with van der Waals surface area (Å²) in [6.45, 7) is 3.97. The van der Waals surface area contributed by atoms with Gasteiger partial charge in [-0.15, -0.1) is 0 Å². The normalized spacial score (nSPS) is 14.4. The molecular weight excluding hydrogens is 228 g/mol. The van der Waals surface area contributed by atoms with Gasteiger partial charge in [-0.2, -0.15) is 0 Å². The first-order valence-electron chi connectivity index (χ1n) is 6.05. The fourth-order valence-electron chi connectivity index (χ4n) is 1.78. The van der Waals surface area contributed by atoms with E-state index in [0.29, 0.717) is 5.82 Å². The lowest BCUT2D eigenvalue weighted by Gasteiger charge is -2.28. The third kappa shape index (κ3) is 2.38. The molecule has 0 saturated carbocycles. The summed E-state index contributed by atoms with van der Waals surface area (Å²) in [7, 11) is 0. The molecule has 96 valence electrons. The molecule has 0 aliphatic carbocycles. The van der Waals surface area contributed by atoms with Crippen LogP contribution in [0.3, 0.4) is 0 Å². The summed E-state index contributed by atoms with van der Waals surface area (Å²) in [5.74, 6) is 0.891. The van der Waals surface area contributed by atoms with Gasteiger partial charge < -0.3 is 15.5 Å². The summed E-state index contributed by atoms with van der Waals surface area (Å²) in [5, 5.41) is 24.1. The summed E-state index contributed by atoms with van der Waals surface area (Å²) in [5.41, 5.74) is -0.410. The smallest absolute Gasteiger partial charge is 0.134 e. The maximum absolute atomic E-state index is 9.56. The fourth-order valence-corrected chi connectivity index (χ4v) is 1.78. The standard InChI is InChI=1S/C14H18N2O2/c1-3-14(2,9-17)16-13-12-8-11(18)5-4-10(12)6-7-15-13/h4-8,17-18H,3,9H2,1-2H3,(H,15,16). The van der Waals surface area contributed by atoms with Crippen molar-refractivity contribution >= 4 is 16.6 Å². The first-order valence-corrected chi connectivity index (χ1v) is 6.05. The van der Waals surface area contributed by atoms with Crippen molar-refractivity contribution in [1.29, 1.82) is 0 Å². The Balaban J connectivity index is 2.47.